The monoisotopic (exact) mass is 404 g/mol. The van der Waals surface area contributed by atoms with Gasteiger partial charge in [0.2, 0.25) is 5.95 Å². The minimum atomic E-state index is -3.73. The molecule has 9 heteroatoms. The van der Waals surface area contributed by atoms with Crippen molar-refractivity contribution < 1.29 is 8.42 Å². The molecule has 0 fully saturated rings. The largest absolute Gasteiger partial charge is 0.324 e. The van der Waals surface area contributed by atoms with Crippen molar-refractivity contribution in [2.24, 2.45) is 0 Å². The van der Waals surface area contributed by atoms with Crippen LogP contribution < -0.4 is 10.0 Å². The van der Waals surface area contributed by atoms with Crippen molar-refractivity contribution in [1.29, 1.82) is 0 Å². The summed E-state index contributed by atoms with van der Waals surface area (Å²) >= 11 is 0. The molecule has 0 aliphatic heterocycles. The van der Waals surface area contributed by atoms with Gasteiger partial charge < -0.3 is 10.2 Å². The van der Waals surface area contributed by atoms with Crippen LogP contribution in [0.3, 0.4) is 0 Å². The molecule has 3 N–H and O–H groups in total. The number of hydrogen-bond donors (Lipinski definition) is 3. The Balaban J connectivity index is 1.55. The molecule has 1 aromatic carbocycles. The first-order valence-corrected chi connectivity index (χ1v) is 11.4. The molecule has 28 heavy (non-hydrogen) atoms. The summed E-state index contributed by atoms with van der Waals surface area (Å²) in [4.78, 5) is 4.79. The summed E-state index contributed by atoms with van der Waals surface area (Å²) in [5.41, 5.74) is 6.63. The molecule has 0 amide bonds. The highest BCUT2D eigenvalue weighted by Crippen LogP contribution is 2.39. The van der Waals surface area contributed by atoms with Gasteiger partial charge in [0.1, 0.15) is 0 Å². The number of sulfonamides is 1. The zero-order chi connectivity index (χ0) is 19.9. The number of rotatable bonds is 7. The predicted molar refractivity (Wildman–Crippen MR) is 108 cm³/mol. The Hall–Kier alpha value is -1.97. The van der Waals surface area contributed by atoms with Gasteiger partial charge in [-0.15, -0.1) is 10.2 Å². The Kier molecular flexibility index (Phi) is 5.15. The second-order valence-electron chi connectivity index (χ2n) is 8.00. The van der Waals surface area contributed by atoms with E-state index in [9.17, 15) is 8.42 Å². The molecule has 152 valence electrons. The number of aromatic amines is 1. The number of aromatic nitrogens is 3. The van der Waals surface area contributed by atoms with Gasteiger partial charge in [-0.3, -0.25) is 4.98 Å². The number of nitrogens with one attached hydrogen (secondary N) is 3. The molecule has 1 atom stereocenters. The fraction of sp³-hybridized carbons (Fsp3) is 0.579. The minimum absolute atomic E-state index is 0.0739. The highest BCUT2D eigenvalue weighted by molar-refractivity contribution is 7.89. The Morgan fingerprint density at radius 1 is 1.11 bits per heavy atom. The van der Waals surface area contributed by atoms with Crippen LogP contribution in [0.15, 0.2) is 11.2 Å². The quantitative estimate of drug-likeness (QED) is 0.650. The maximum Gasteiger partial charge on any atom is 0.276 e. The molecule has 2 aliphatic carbocycles. The summed E-state index contributed by atoms with van der Waals surface area (Å²) in [6, 6.07) is 2.44. The summed E-state index contributed by atoms with van der Waals surface area (Å²) in [6.07, 6.45) is 6.65. The lowest BCUT2D eigenvalue weighted by molar-refractivity contribution is 0.313. The van der Waals surface area contributed by atoms with Crippen LogP contribution in [0, 0.1) is 0 Å². The van der Waals surface area contributed by atoms with E-state index >= 15 is 0 Å². The summed E-state index contributed by atoms with van der Waals surface area (Å²) in [5, 5.41) is 11.1. The number of likely N-dealkylation sites (N-methyl/N-ethyl adjacent to an activating group) is 1. The Bertz CT molecular complexity index is 950. The number of hydrogen-bond acceptors (Lipinski definition) is 6. The number of fused-ring (bicyclic) bond motifs is 2. The highest BCUT2D eigenvalue weighted by atomic mass is 32.2. The number of aryl methyl sites for hydroxylation is 2. The average molecular weight is 405 g/mol. The molecule has 0 radical (unpaired) electrons. The predicted octanol–water partition coefficient (Wildman–Crippen LogP) is 1.75. The molecule has 1 aromatic heterocycles. The van der Waals surface area contributed by atoms with E-state index in [1.165, 1.54) is 22.3 Å². The van der Waals surface area contributed by atoms with Gasteiger partial charge in [0, 0.05) is 18.3 Å². The van der Waals surface area contributed by atoms with Crippen molar-refractivity contribution in [3.63, 3.8) is 0 Å². The first-order chi connectivity index (χ1) is 13.3. The normalized spacial score (nSPS) is 17.0. The summed E-state index contributed by atoms with van der Waals surface area (Å²) in [6.45, 7) is 2.25. The molecule has 0 saturated carbocycles. The van der Waals surface area contributed by atoms with Crippen LogP contribution >= 0.6 is 0 Å². The number of anilines is 2. The number of H-pyrrole nitrogens is 1. The molecule has 8 nitrogen and oxygen atoms in total. The van der Waals surface area contributed by atoms with Gasteiger partial charge in [-0.2, -0.15) is 0 Å². The Labute approximate surface area is 166 Å². The molecule has 0 saturated heterocycles. The van der Waals surface area contributed by atoms with E-state index in [0.29, 0.717) is 12.5 Å². The van der Waals surface area contributed by atoms with Crippen LogP contribution in [-0.2, 0) is 35.7 Å². The molecule has 4 rings (SSSR count). The summed E-state index contributed by atoms with van der Waals surface area (Å²) < 4.78 is 27.6. The summed E-state index contributed by atoms with van der Waals surface area (Å²) in [5.74, 6) is 0.371. The van der Waals surface area contributed by atoms with Crippen molar-refractivity contribution in [3.8, 4) is 0 Å². The Morgan fingerprint density at radius 3 is 2.36 bits per heavy atom. The van der Waals surface area contributed by atoms with Crippen molar-refractivity contribution in [2.75, 3.05) is 26.0 Å². The van der Waals surface area contributed by atoms with Gasteiger partial charge in [-0.05, 0) is 81.8 Å². The fourth-order valence-corrected chi connectivity index (χ4v) is 4.97. The second kappa shape index (κ2) is 7.46. The molecular formula is C19H28N6O2S. The first kappa shape index (κ1) is 19.4. The van der Waals surface area contributed by atoms with Crippen LogP contribution in [-0.4, -0.2) is 55.2 Å². The van der Waals surface area contributed by atoms with E-state index in [1.54, 1.807) is 0 Å². The smallest absolute Gasteiger partial charge is 0.276 e. The lowest BCUT2D eigenvalue weighted by Gasteiger charge is -2.19. The van der Waals surface area contributed by atoms with Crippen LogP contribution in [0.2, 0.25) is 0 Å². The third-order valence-corrected chi connectivity index (χ3v) is 7.13. The van der Waals surface area contributed by atoms with Crippen molar-refractivity contribution in [2.45, 2.75) is 56.6 Å². The van der Waals surface area contributed by atoms with Gasteiger partial charge in [0.05, 0.1) is 0 Å². The van der Waals surface area contributed by atoms with Gasteiger partial charge in [-0.25, -0.2) is 13.1 Å². The van der Waals surface area contributed by atoms with Crippen LogP contribution in [0.1, 0.15) is 42.0 Å². The average Bonchev–Trinajstić information content (AvgIpc) is 3.39. The standard InChI is InChI=1S/C19H28N6O2S/c1-12(25(2)3)11-20-28(26,27)19-22-18(23-24-19)21-17-15-8-4-6-13(15)10-14-7-5-9-16(14)17/h10,12,20H,4-9,11H2,1-3H3,(H2,21,22,23,24). The number of benzene rings is 1. The van der Waals surface area contributed by atoms with E-state index in [1.807, 2.05) is 25.9 Å². The van der Waals surface area contributed by atoms with Gasteiger partial charge in [-0.1, -0.05) is 6.07 Å². The zero-order valence-corrected chi connectivity index (χ0v) is 17.5. The maximum absolute atomic E-state index is 12.5. The molecule has 1 unspecified atom stereocenters. The van der Waals surface area contributed by atoms with Crippen molar-refractivity contribution in [3.05, 3.63) is 28.3 Å². The lowest BCUT2D eigenvalue weighted by atomic mass is 9.99. The van der Waals surface area contributed by atoms with E-state index in [0.717, 1.165) is 44.2 Å². The van der Waals surface area contributed by atoms with Crippen LogP contribution in [0.25, 0.3) is 0 Å². The van der Waals surface area contributed by atoms with Gasteiger partial charge >= 0.3 is 0 Å². The zero-order valence-electron chi connectivity index (χ0n) is 16.7. The van der Waals surface area contributed by atoms with Gasteiger partial charge in [0.25, 0.3) is 15.2 Å². The van der Waals surface area contributed by atoms with Gasteiger partial charge in [0.15, 0.2) is 0 Å². The second-order valence-corrected chi connectivity index (χ2v) is 9.68. The van der Waals surface area contributed by atoms with E-state index in [2.05, 4.69) is 31.3 Å². The molecular weight excluding hydrogens is 376 g/mol. The third-order valence-electron chi connectivity index (χ3n) is 5.89. The lowest BCUT2D eigenvalue weighted by Crippen LogP contribution is -2.38. The highest BCUT2D eigenvalue weighted by Gasteiger charge is 2.26. The first-order valence-electron chi connectivity index (χ1n) is 9.87. The molecule has 0 bridgehead atoms. The molecule has 2 aromatic rings. The minimum Gasteiger partial charge on any atom is -0.324 e. The van der Waals surface area contributed by atoms with Crippen LogP contribution in [0.5, 0.6) is 0 Å². The van der Waals surface area contributed by atoms with Crippen LogP contribution in [0.4, 0.5) is 11.6 Å². The third kappa shape index (κ3) is 3.66. The Morgan fingerprint density at radius 2 is 1.75 bits per heavy atom. The number of nitrogens with zero attached hydrogens (tertiary/aromatic N) is 3. The maximum atomic E-state index is 12.5. The summed E-state index contributed by atoms with van der Waals surface area (Å²) in [7, 11) is 0.0887. The van der Waals surface area contributed by atoms with Crippen molar-refractivity contribution in [1.82, 2.24) is 24.8 Å². The molecule has 0 spiro atoms. The topological polar surface area (TPSA) is 103 Å². The van der Waals surface area contributed by atoms with E-state index in [-0.39, 0.29) is 11.2 Å². The SMILES string of the molecule is CC(CNS(=O)(=O)c1nnc(Nc2c3c(cc4c2CCC4)CCC3)[nH]1)N(C)C. The van der Waals surface area contributed by atoms with Crippen molar-refractivity contribution >= 4 is 21.7 Å². The van der Waals surface area contributed by atoms with E-state index in [4.69, 9.17) is 0 Å². The molecule has 2 aliphatic rings. The molecule has 1 heterocycles. The fourth-order valence-electron chi connectivity index (χ4n) is 3.99. The van der Waals surface area contributed by atoms with E-state index < -0.39 is 10.0 Å².